The van der Waals surface area contributed by atoms with Gasteiger partial charge in [0.25, 0.3) is 0 Å². The molecule has 7 heteroatoms. The number of rotatable bonds is 4. The predicted molar refractivity (Wildman–Crippen MR) is 122 cm³/mol. The molecule has 0 radical (unpaired) electrons. The van der Waals surface area contributed by atoms with Gasteiger partial charge in [-0.1, -0.05) is 29.8 Å². The predicted octanol–water partition coefficient (Wildman–Crippen LogP) is 5.45. The van der Waals surface area contributed by atoms with E-state index in [2.05, 4.69) is 4.72 Å². The SMILES string of the molecule is Cc1ccc(NS(=O)(=O)N2CCCC(C3c4ccc(F)cc4-c4cc(F)ccc43)C2)cc1. The highest BCUT2D eigenvalue weighted by Crippen LogP contribution is 2.50. The van der Waals surface area contributed by atoms with Gasteiger partial charge in [-0.05, 0) is 84.3 Å². The molecular weight excluding hydrogens is 430 g/mol. The highest BCUT2D eigenvalue weighted by molar-refractivity contribution is 7.90. The van der Waals surface area contributed by atoms with Gasteiger partial charge >= 0.3 is 10.2 Å². The maximum Gasteiger partial charge on any atom is 0.301 e. The number of aryl methyl sites for hydroxylation is 1. The first-order valence-electron chi connectivity index (χ1n) is 10.8. The van der Waals surface area contributed by atoms with Crippen molar-refractivity contribution in [1.82, 2.24) is 4.31 Å². The molecule has 0 bridgehead atoms. The molecule has 2 aliphatic rings. The second-order valence-electron chi connectivity index (χ2n) is 8.67. The molecule has 1 fully saturated rings. The summed E-state index contributed by atoms with van der Waals surface area (Å²) in [5, 5.41) is 0. The van der Waals surface area contributed by atoms with Crippen molar-refractivity contribution in [2.75, 3.05) is 17.8 Å². The van der Waals surface area contributed by atoms with Crippen molar-refractivity contribution in [3.05, 3.63) is 89.0 Å². The molecule has 4 nitrogen and oxygen atoms in total. The highest BCUT2D eigenvalue weighted by atomic mass is 32.2. The molecule has 0 amide bonds. The highest BCUT2D eigenvalue weighted by Gasteiger charge is 2.39. The Morgan fingerprint density at radius 2 is 1.50 bits per heavy atom. The van der Waals surface area contributed by atoms with Crippen LogP contribution in [0, 0.1) is 24.5 Å². The number of hydrogen-bond acceptors (Lipinski definition) is 2. The maximum absolute atomic E-state index is 14.0. The van der Waals surface area contributed by atoms with Gasteiger partial charge in [-0.15, -0.1) is 0 Å². The Bertz CT molecular complexity index is 1220. The third-order valence-corrected chi connectivity index (χ3v) is 8.03. The van der Waals surface area contributed by atoms with Gasteiger partial charge < -0.3 is 0 Å². The van der Waals surface area contributed by atoms with Crippen molar-refractivity contribution in [2.45, 2.75) is 25.7 Å². The first-order chi connectivity index (χ1) is 15.3. The average Bonchev–Trinajstić information content (AvgIpc) is 3.08. The van der Waals surface area contributed by atoms with Gasteiger partial charge in [0.05, 0.1) is 0 Å². The number of benzene rings is 3. The van der Waals surface area contributed by atoms with Crippen LogP contribution < -0.4 is 4.72 Å². The molecule has 3 aromatic carbocycles. The lowest BCUT2D eigenvalue weighted by Crippen LogP contribution is -2.44. The van der Waals surface area contributed by atoms with Crippen LogP contribution in [-0.2, 0) is 10.2 Å². The van der Waals surface area contributed by atoms with Crippen molar-refractivity contribution < 1.29 is 17.2 Å². The van der Waals surface area contributed by atoms with Crippen molar-refractivity contribution >= 4 is 15.9 Å². The van der Waals surface area contributed by atoms with Gasteiger partial charge in [0.1, 0.15) is 11.6 Å². The minimum Gasteiger partial charge on any atom is -0.271 e. The second-order valence-corrected chi connectivity index (χ2v) is 10.3. The topological polar surface area (TPSA) is 49.4 Å². The van der Waals surface area contributed by atoms with E-state index in [9.17, 15) is 17.2 Å². The molecule has 1 aliphatic carbocycles. The normalized spacial score (nSPS) is 18.9. The Morgan fingerprint density at radius 1 is 0.906 bits per heavy atom. The first-order valence-corrected chi connectivity index (χ1v) is 12.2. The van der Waals surface area contributed by atoms with Crippen LogP contribution in [0.25, 0.3) is 11.1 Å². The molecule has 0 aromatic heterocycles. The molecule has 1 saturated heterocycles. The molecule has 0 spiro atoms. The molecule has 5 rings (SSSR count). The van der Waals surface area contributed by atoms with E-state index in [0.717, 1.165) is 29.5 Å². The molecule has 32 heavy (non-hydrogen) atoms. The van der Waals surface area contributed by atoms with E-state index in [1.54, 1.807) is 24.3 Å². The van der Waals surface area contributed by atoms with Crippen molar-refractivity contribution in [3.8, 4) is 11.1 Å². The van der Waals surface area contributed by atoms with Gasteiger partial charge in [0, 0.05) is 24.7 Å². The van der Waals surface area contributed by atoms with E-state index < -0.39 is 10.2 Å². The smallest absolute Gasteiger partial charge is 0.271 e. The number of piperidine rings is 1. The Morgan fingerprint density at radius 3 is 2.09 bits per heavy atom. The van der Waals surface area contributed by atoms with E-state index >= 15 is 0 Å². The number of nitrogens with zero attached hydrogens (tertiary/aromatic N) is 1. The van der Waals surface area contributed by atoms with E-state index in [-0.39, 0.29) is 23.5 Å². The number of hydrogen-bond donors (Lipinski definition) is 1. The summed E-state index contributed by atoms with van der Waals surface area (Å²) in [4.78, 5) is 0. The molecular formula is C25H24F2N2O2S. The monoisotopic (exact) mass is 454 g/mol. The summed E-state index contributed by atoms with van der Waals surface area (Å²) < 4.78 is 58.3. The van der Waals surface area contributed by atoms with Crippen LogP contribution in [0.2, 0.25) is 0 Å². The van der Waals surface area contributed by atoms with Crippen LogP contribution in [0.15, 0.2) is 60.7 Å². The van der Waals surface area contributed by atoms with E-state index in [4.69, 9.17) is 0 Å². The minimum atomic E-state index is -3.72. The quantitative estimate of drug-likeness (QED) is 0.570. The maximum atomic E-state index is 14.0. The third kappa shape index (κ3) is 3.80. The molecule has 1 heterocycles. The van der Waals surface area contributed by atoms with Gasteiger partial charge in [0.2, 0.25) is 0 Å². The summed E-state index contributed by atoms with van der Waals surface area (Å²) in [6.07, 6.45) is 1.57. The number of halogens is 2. The summed E-state index contributed by atoms with van der Waals surface area (Å²) >= 11 is 0. The van der Waals surface area contributed by atoms with E-state index in [1.165, 1.54) is 28.6 Å². The van der Waals surface area contributed by atoms with E-state index in [0.29, 0.717) is 29.9 Å². The number of fused-ring (bicyclic) bond motifs is 3. The van der Waals surface area contributed by atoms with Crippen LogP contribution in [0.1, 0.15) is 35.4 Å². The molecule has 1 unspecified atom stereocenters. The Balaban J connectivity index is 1.45. The molecule has 3 aromatic rings. The van der Waals surface area contributed by atoms with Crippen molar-refractivity contribution in [3.63, 3.8) is 0 Å². The van der Waals surface area contributed by atoms with Gasteiger partial charge in [-0.25, -0.2) is 8.78 Å². The van der Waals surface area contributed by atoms with E-state index in [1.807, 2.05) is 19.1 Å². The van der Waals surface area contributed by atoms with Crippen LogP contribution in [0.4, 0.5) is 14.5 Å². The zero-order valence-corrected chi connectivity index (χ0v) is 18.5. The zero-order chi connectivity index (χ0) is 22.5. The van der Waals surface area contributed by atoms with Gasteiger partial charge in [-0.3, -0.25) is 4.72 Å². The van der Waals surface area contributed by atoms with Gasteiger partial charge in [0.15, 0.2) is 0 Å². The fourth-order valence-electron chi connectivity index (χ4n) is 5.04. The van der Waals surface area contributed by atoms with Gasteiger partial charge in [-0.2, -0.15) is 12.7 Å². The fraction of sp³-hybridized carbons (Fsp3) is 0.280. The fourth-order valence-corrected chi connectivity index (χ4v) is 6.36. The summed E-state index contributed by atoms with van der Waals surface area (Å²) in [6.45, 7) is 2.74. The minimum absolute atomic E-state index is 0.00858. The van der Waals surface area contributed by atoms with Crippen molar-refractivity contribution in [1.29, 1.82) is 0 Å². The van der Waals surface area contributed by atoms with Crippen LogP contribution in [0.3, 0.4) is 0 Å². The number of anilines is 1. The molecule has 0 saturated carbocycles. The van der Waals surface area contributed by atoms with Crippen molar-refractivity contribution in [2.24, 2.45) is 5.92 Å². The average molecular weight is 455 g/mol. The molecule has 1 aliphatic heterocycles. The largest absolute Gasteiger partial charge is 0.301 e. The first kappa shape index (κ1) is 21.1. The molecule has 1 N–H and O–H groups in total. The summed E-state index contributed by atoms with van der Waals surface area (Å²) in [7, 11) is -3.72. The summed E-state index contributed by atoms with van der Waals surface area (Å²) in [5.74, 6) is -0.822. The Labute approximate surface area is 187 Å². The summed E-state index contributed by atoms with van der Waals surface area (Å²) in [5.41, 5.74) is 4.84. The second kappa shape index (κ2) is 7.98. The molecule has 166 valence electrons. The lowest BCUT2D eigenvalue weighted by molar-refractivity contribution is 0.251. The third-order valence-electron chi connectivity index (χ3n) is 6.52. The Kier molecular flexibility index (Phi) is 5.26. The summed E-state index contributed by atoms with van der Waals surface area (Å²) in [6, 6.07) is 16.5. The van der Waals surface area contributed by atoms with Crippen LogP contribution >= 0.6 is 0 Å². The lowest BCUT2D eigenvalue weighted by Gasteiger charge is -2.35. The van der Waals surface area contributed by atoms with Crippen LogP contribution in [0.5, 0.6) is 0 Å². The lowest BCUT2D eigenvalue weighted by atomic mass is 9.80. The van der Waals surface area contributed by atoms with Crippen LogP contribution in [-0.4, -0.2) is 25.8 Å². The number of nitrogens with one attached hydrogen (secondary N) is 1. The molecule has 1 atom stereocenters. The zero-order valence-electron chi connectivity index (χ0n) is 17.7. The Hall–Kier alpha value is -2.77. The standard InChI is InChI=1S/C25H24F2N2O2S/c1-16-4-8-20(9-5-16)28-32(30,31)29-12-2-3-17(15-29)25-21-10-6-18(26)13-23(21)24-14-19(27)7-11-22(24)25/h4-11,13-14,17,25,28H,2-3,12,15H2,1H3.